The maximum absolute atomic E-state index is 10.9. The molecule has 0 saturated carbocycles. The molecule has 0 aromatic heterocycles. The molecule has 2 nitrogen and oxygen atoms in total. The van der Waals surface area contributed by atoms with Gasteiger partial charge in [0.25, 0.3) is 0 Å². The molecule has 1 N–H and O–H groups in total. The Kier molecular flexibility index (Phi) is 3.78. The quantitative estimate of drug-likeness (QED) is 0.788. The lowest BCUT2D eigenvalue weighted by molar-refractivity contribution is -0.597. The van der Waals surface area contributed by atoms with Gasteiger partial charge in [0.15, 0.2) is 7.14 Å². The van der Waals surface area contributed by atoms with Crippen LogP contribution >= 0.6 is 0 Å². The van der Waals surface area contributed by atoms with Gasteiger partial charge in [-0.15, -0.1) is 0 Å². The highest BCUT2D eigenvalue weighted by atomic mass is 127. The molecule has 0 fully saturated rings. The zero-order valence-electron chi connectivity index (χ0n) is 9.35. The standard InChI is InChI=1S/C14H11IO2/c1-10-5-7-12(8-6-10)15-13-4-2-3-11(9-13)14(16)17/h2-9H,1H3/p+1. The summed E-state index contributed by atoms with van der Waals surface area (Å²) < 4.78 is 2.43. The third-order valence-corrected chi connectivity index (χ3v) is 4.94. The van der Waals surface area contributed by atoms with Crippen LogP contribution in [0.2, 0.25) is 0 Å². The Balaban J connectivity index is 2.21. The topological polar surface area (TPSA) is 37.3 Å². The number of rotatable bonds is 3. The first-order valence-electron chi connectivity index (χ1n) is 5.20. The van der Waals surface area contributed by atoms with Gasteiger partial charge in [0.05, 0.1) is 5.56 Å². The number of benzene rings is 2. The lowest BCUT2D eigenvalue weighted by Gasteiger charge is -1.92. The molecule has 2 aromatic carbocycles. The van der Waals surface area contributed by atoms with Gasteiger partial charge in [0.2, 0.25) is 0 Å². The van der Waals surface area contributed by atoms with E-state index < -0.39 is 5.97 Å². The molecule has 17 heavy (non-hydrogen) atoms. The van der Waals surface area contributed by atoms with E-state index in [1.807, 2.05) is 12.1 Å². The van der Waals surface area contributed by atoms with E-state index in [-0.39, 0.29) is 21.2 Å². The summed E-state index contributed by atoms with van der Waals surface area (Å²) in [6.07, 6.45) is 0. The Morgan fingerprint density at radius 1 is 1.06 bits per heavy atom. The first-order chi connectivity index (χ1) is 8.15. The number of hydrogen-bond acceptors (Lipinski definition) is 1. The molecule has 2 aromatic rings. The molecule has 0 amide bonds. The van der Waals surface area contributed by atoms with Crippen molar-refractivity contribution in [2.75, 3.05) is 0 Å². The molecule has 0 unspecified atom stereocenters. The van der Waals surface area contributed by atoms with E-state index >= 15 is 0 Å². The summed E-state index contributed by atoms with van der Waals surface area (Å²) in [4.78, 5) is 10.9. The predicted molar refractivity (Wildman–Crippen MR) is 62.0 cm³/mol. The van der Waals surface area contributed by atoms with E-state index in [2.05, 4.69) is 31.2 Å². The van der Waals surface area contributed by atoms with Crippen molar-refractivity contribution in [2.45, 2.75) is 6.92 Å². The highest BCUT2D eigenvalue weighted by Gasteiger charge is 2.16. The zero-order chi connectivity index (χ0) is 12.3. The summed E-state index contributed by atoms with van der Waals surface area (Å²) in [5.41, 5.74) is 1.62. The molecule has 0 spiro atoms. The van der Waals surface area contributed by atoms with Crippen LogP contribution in [-0.2, 0) is 0 Å². The van der Waals surface area contributed by atoms with Gasteiger partial charge in [-0.1, -0.05) is 23.8 Å². The average molecular weight is 339 g/mol. The predicted octanol–water partition coefficient (Wildman–Crippen LogP) is -0.178. The fraction of sp³-hybridized carbons (Fsp3) is 0.0714. The molecule has 86 valence electrons. The molecule has 0 radical (unpaired) electrons. The van der Waals surface area contributed by atoms with Gasteiger partial charge in [-0.25, -0.2) is 4.79 Å². The van der Waals surface area contributed by atoms with Gasteiger partial charge >= 0.3 is 27.2 Å². The number of aromatic carboxylic acids is 1. The first-order valence-corrected chi connectivity index (χ1v) is 7.36. The fourth-order valence-electron chi connectivity index (χ4n) is 1.40. The van der Waals surface area contributed by atoms with E-state index in [0.29, 0.717) is 5.56 Å². The summed E-state index contributed by atoms with van der Waals surface area (Å²) in [5, 5.41) is 8.92. The molecule has 0 aliphatic carbocycles. The smallest absolute Gasteiger partial charge is 0.357 e. The Labute approximate surface area is 111 Å². The van der Waals surface area contributed by atoms with Crippen LogP contribution in [0.4, 0.5) is 0 Å². The second-order valence-corrected chi connectivity index (χ2v) is 6.74. The summed E-state index contributed by atoms with van der Waals surface area (Å²) in [6, 6.07) is 15.6. The van der Waals surface area contributed by atoms with Crippen LogP contribution in [0, 0.1) is 14.1 Å². The molecular formula is C14H12IO2+. The highest BCUT2D eigenvalue weighted by Crippen LogP contribution is 1.98. The summed E-state index contributed by atoms with van der Waals surface area (Å²) in [5.74, 6) is -0.861. The molecule has 3 heteroatoms. The Morgan fingerprint density at radius 3 is 2.41 bits per heavy atom. The van der Waals surface area contributed by atoms with Crippen LogP contribution in [-0.4, -0.2) is 11.1 Å². The number of aryl methyl sites for hydroxylation is 1. The SMILES string of the molecule is Cc1ccc([I+]c2cccc(C(=O)O)c2)cc1. The van der Waals surface area contributed by atoms with Crippen molar-refractivity contribution in [1.82, 2.24) is 0 Å². The van der Waals surface area contributed by atoms with Gasteiger partial charge in [0.1, 0.15) is 0 Å². The Bertz CT molecular complexity index is 532. The summed E-state index contributed by atoms with van der Waals surface area (Å²) in [7, 11) is 0. The van der Waals surface area contributed by atoms with Crippen LogP contribution in [0.5, 0.6) is 0 Å². The van der Waals surface area contributed by atoms with Crippen molar-refractivity contribution in [1.29, 1.82) is 0 Å². The minimum absolute atomic E-state index is 0.290. The van der Waals surface area contributed by atoms with E-state index in [0.717, 1.165) is 3.57 Å². The molecule has 0 saturated heterocycles. The van der Waals surface area contributed by atoms with Crippen molar-refractivity contribution >= 4 is 5.97 Å². The van der Waals surface area contributed by atoms with E-state index in [1.165, 1.54) is 9.13 Å². The largest absolute Gasteiger partial charge is 0.478 e. The van der Waals surface area contributed by atoms with Crippen molar-refractivity contribution in [2.24, 2.45) is 0 Å². The van der Waals surface area contributed by atoms with Crippen molar-refractivity contribution < 1.29 is 31.1 Å². The normalized spacial score (nSPS) is 10.2. The minimum atomic E-state index is -0.861. The highest BCUT2D eigenvalue weighted by molar-refractivity contribution is 5.87. The lowest BCUT2D eigenvalue weighted by Crippen LogP contribution is -3.61. The van der Waals surface area contributed by atoms with E-state index in [4.69, 9.17) is 5.11 Å². The Morgan fingerprint density at radius 2 is 1.76 bits per heavy atom. The van der Waals surface area contributed by atoms with Crippen molar-refractivity contribution in [3.8, 4) is 0 Å². The third-order valence-electron chi connectivity index (χ3n) is 2.30. The summed E-state index contributed by atoms with van der Waals surface area (Å²) in [6.45, 7) is 2.06. The zero-order valence-corrected chi connectivity index (χ0v) is 11.5. The molecule has 0 aliphatic heterocycles. The minimum Gasteiger partial charge on any atom is -0.478 e. The van der Waals surface area contributed by atoms with Gasteiger partial charge in [-0.05, 0) is 31.2 Å². The lowest BCUT2D eigenvalue weighted by atomic mass is 10.2. The monoisotopic (exact) mass is 339 g/mol. The van der Waals surface area contributed by atoms with Crippen LogP contribution in [0.15, 0.2) is 48.5 Å². The van der Waals surface area contributed by atoms with E-state index in [1.54, 1.807) is 12.1 Å². The van der Waals surface area contributed by atoms with Crippen molar-refractivity contribution in [3.63, 3.8) is 0 Å². The fourth-order valence-corrected chi connectivity index (χ4v) is 3.72. The average Bonchev–Trinajstić information content (AvgIpc) is 2.32. The maximum atomic E-state index is 10.9. The molecular weight excluding hydrogens is 327 g/mol. The van der Waals surface area contributed by atoms with Gasteiger partial charge in [-0.2, -0.15) is 0 Å². The van der Waals surface area contributed by atoms with Gasteiger partial charge in [0, 0.05) is 6.07 Å². The second-order valence-electron chi connectivity index (χ2n) is 3.71. The molecule has 0 heterocycles. The number of halogens is 1. The van der Waals surface area contributed by atoms with Crippen LogP contribution in [0.25, 0.3) is 0 Å². The molecule has 0 aliphatic rings. The third kappa shape index (κ3) is 3.30. The van der Waals surface area contributed by atoms with Crippen LogP contribution in [0.1, 0.15) is 15.9 Å². The number of carboxylic acids is 1. The van der Waals surface area contributed by atoms with Crippen LogP contribution in [0.3, 0.4) is 0 Å². The number of carboxylic acid groups (broad SMARTS) is 1. The van der Waals surface area contributed by atoms with Gasteiger partial charge < -0.3 is 5.11 Å². The summed E-state index contributed by atoms with van der Waals surface area (Å²) >= 11 is -0.290. The van der Waals surface area contributed by atoms with Crippen molar-refractivity contribution in [3.05, 3.63) is 66.8 Å². The molecule has 2 rings (SSSR count). The molecule has 0 bridgehead atoms. The van der Waals surface area contributed by atoms with Gasteiger partial charge in [-0.3, -0.25) is 0 Å². The number of hydrogen-bond donors (Lipinski definition) is 1. The van der Waals surface area contributed by atoms with E-state index in [9.17, 15) is 4.79 Å². The number of carbonyl (C=O) groups is 1. The Hall–Kier alpha value is -1.36. The maximum Gasteiger partial charge on any atom is 0.357 e. The second kappa shape index (κ2) is 5.31. The van der Waals surface area contributed by atoms with Crippen LogP contribution < -0.4 is 21.2 Å². The molecule has 0 atom stereocenters. The first kappa shape index (κ1) is 12.1.